The van der Waals surface area contributed by atoms with Crippen LogP contribution in [0, 0.1) is 0 Å². The van der Waals surface area contributed by atoms with Gasteiger partial charge in [-0.05, 0) is 61.3 Å². The summed E-state index contributed by atoms with van der Waals surface area (Å²) in [5.41, 5.74) is 1.47. The number of benzene rings is 2. The van der Waals surface area contributed by atoms with Crippen molar-refractivity contribution in [1.82, 2.24) is 9.55 Å². The van der Waals surface area contributed by atoms with Crippen molar-refractivity contribution in [3.05, 3.63) is 69.2 Å². The Hall–Kier alpha value is -2.86. The maximum atomic E-state index is 13.1. The van der Waals surface area contributed by atoms with Crippen molar-refractivity contribution in [1.29, 1.82) is 0 Å². The molecular formula is C25H26ClN3O3. The van der Waals surface area contributed by atoms with Crippen LogP contribution in [0.3, 0.4) is 0 Å². The summed E-state index contributed by atoms with van der Waals surface area (Å²) in [6.07, 6.45) is 5.97. The van der Waals surface area contributed by atoms with Gasteiger partial charge in [-0.3, -0.25) is 9.36 Å². The van der Waals surface area contributed by atoms with Crippen LogP contribution in [0.5, 0.6) is 0 Å². The van der Waals surface area contributed by atoms with E-state index in [1.807, 2.05) is 12.1 Å². The summed E-state index contributed by atoms with van der Waals surface area (Å²) in [4.78, 5) is 29.4. The van der Waals surface area contributed by atoms with Crippen molar-refractivity contribution in [2.24, 2.45) is 0 Å². The van der Waals surface area contributed by atoms with E-state index in [0.29, 0.717) is 12.1 Å². The van der Waals surface area contributed by atoms with Gasteiger partial charge >= 0.3 is 5.97 Å². The van der Waals surface area contributed by atoms with Crippen LogP contribution in [0.25, 0.3) is 10.8 Å². The first-order chi connectivity index (χ1) is 15.5. The third kappa shape index (κ3) is 3.77. The largest absolute Gasteiger partial charge is 0.480 e. The summed E-state index contributed by atoms with van der Waals surface area (Å²) >= 11 is 6.53. The minimum Gasteiger partial charge on any atom is -0.480 e. The van der Waals surface area contributed by atoms with Crippen LogP contribution in [0.4, 0.5) is 5.82 Å². The van der Waals surface area contributed by atoms with Crippen molar-refractivity contribution in [2.75, 3.05) is 5.32 Å². The van der Waals surface area contributed by atoms with Crippen molar-refractivity contribution in [3.8, 4) is 0 Å². The van der Waals surface area contributed by atoms with Gasteiger partial charge in [-0.15, -0.1) is 0 Å². The smallest absolute Gasteiger partial charge is 0.326 e. The van der Waals surface area contributed by atoms with Crippen LogP contribution in [0.2, 0.25) is 5.15 Å². The predicted molar refractivity (Wildman–Crippen MR) is 126 cm³/mol. The van der Waals surface area contributed by atoms with Gasteiger partial charge in [0.05, 0.1) is 5.69 Å². The topological polar surface area (TPSA) is 84.2 Å². The number of nitrogens with zero attached hydrogens (tertiary/aromatic N) is 2. The highest BCUT2D eigenvalue weighted by Gasteiger charge is 2.39. The number of anilines is 1. The Bertz CT molecular complexity index is 1230. The van der Waals surface area contributed by atoms with Gasteiger partial charge in [0.25, 0.3) is 5.56 Å². The highest BCUT2D eigenvalue weighted by molar-refractivity contribution is 6.30. The fourth-order valence-electron chi connectivity index (χ4n) is 5.04. The van der Waals surface area contributed by atoms with Gasteiger partial charge in [-0.2, -0.15) is 0 Å². The molecule has 166 valence electrons. The minimum atomic E-state index is -0.998. The minimum absolute atomic E-state index is 0.100. The van der Waals surface area contributed by atoms with Gasteiger partial charge in [0.15, 0.2) is 11.0 Å². The Balaban J connectivity index is 1.38. The van der Waals surface area contributed by atoms with Gasteiger partial charge < -0.3 is 10.4 Å². The standard InChI is InChI=1S/C25H26ClN3O3/c26-22-21-17(10-4-9-16-8-3-7-15-6-1-2-13-19(15)16)14-20(25(31)32)29(21)24(30)23(28-22)27-18-11-5-12-18/h1-3,6-8,13,17-18,20H,4-5,9-12,14H2,(H,27,28)(H,31,32)/t17-,20-/m0/s1. The van der Waals surface area contributed by atoms with Crippen molar-refractivity contribution < 1.29 is 9.90 Å². The number of nitrogens with one attached hydrogen (secondary N) is 1. The fourth-order valence-corrected chi connectivity index (χ4v) is 5.37. The number of aryl methyl sites for hydroxylation is 1. The van der Waals surface area contributed by atoms with Gasteiger partial charge in [-0.25, -0.2) is 9.78 Å². The van der Waals surface area contributed by atoms with Crippen LogP contribution < -0.4 is 10.9 Å². The van der Waals surface area contributed by atoms with Crippen LogP contribution >= 0.6 is 11.6 Å². The SMILES string of the molecule is O=C(O)[C@@H]1C[C@H](CCCc2cccc3ccccc23)c2c(Cl)nc(NC3CCC3)c(=O)n21. The number of carboxylic acids is 1. The van der Waals surface area contributed by atoms with E-state index in [1.165, 1.54) is 20.9 Å². The Morgan fingerprint density at radius 3 is 2.72 bits per heavy atom. The molecule has 6 nitrogen and oxygen atoms in total. The second-order valence-corrected chi connectivity index (χ2v) is 9.26. The number of hydrogen-bond donors (Lipinski definition) is 2. The number of aliphatic carboxylic acids is 1. The molecule has 7 heteroatoms. The molecule has 2 N–H and O–H groups in total. The molecule has 1 aliphatic heterocycles. The quantitative estimate of drug-likeness (QED) is 0.519. The van der Waals surface area contributed by atoms with Crippen LogP contribution in [0.15, 0.2) is 47.3 Å². The Labute approximate surface area is 191 Å². The Kier molecular flexibility index (Phi) is 5.64. The predicted octanol–water partition coefficient (Wildman–Crippen LogP) is 5.15. The first-order valence-electron chi connectivity index (χ1n) is 11.3. The zero-order chi connectivity index (χ0) is 22.2. The highest BCUT2D eigenvalue weighted by Crippen LogP contribution is 2.41. The molecule has 1 fully saturated rings. The monoisotopic (exact) mass is 451 g/mol. The molecule has 2 atom stereocenters. The lowest BCUT2D eigenvalue weighted by Gasteiger charge is -2.27. The average molecular weight is 452 g/mol. The molecule has 2 aliphatic rings. The number of fused-ring (bicyclic) bond motifs is 2. The average Bonchev–Trinajstić information content (AvgIpc) is 3.15. The molecule has 1 aliphatic carbocycles. The number of rotatable bonds is 7. The van der Waals surface area contributed by atoms with Crippen molar-refractivity contribution in [3.63, 3.8) is 0 Å². The van der Waals surface area contributed by atoms with E-state index in [-0.39, 0.29) is 28.5 Å². The molecule has 1 aromatic heterocycles. The van der Waals surface area contributed by atoms with Gasteiger partial charge in [-0.1, -0.05) is 54.1 Å². The van der Waals surface area contributed by atoms with E-state index in [2.05, 4.69) is 40.6 Å². The molecule has 3 aromatic rings. The molecule has 0 bridgehead atoms. The summed E-state index contributed by atoms with van der Waals surface area (Å²) < 4.78 is 1.38. The zero-order valence-corrected chi connectivity index (χ0v) is 18.5. The van der Waals surface area contributed by atoms with Crippen LogP contribution in [-0.2, 0) is 11.2 Å². The first kappa shape index (κ1) is 21.0. The molecule has 0 radical (unpaired) electrons. The van der Waals surface area contributed by atoms with Gasteiger partial charge in [0, 0.05) is 12.0 Å². The molecule has 5 rings (SSSR count). The summed E-state index contributed by atoms with van der Waals surface area (Å²) in [6.45, 7) is 0. The highest BCUT2D eigenvalue weighted by atomic mass is 35.5. The summed E-state index contributed by atoms with van der Waals surface area (Å²) in [5.74, 6) is -0.926. The van der Waals surface area contributed by atoms with Crippen LogP contribution in [-0.4, -0.2) is 26.7 Å². The number of aromatic nitrogens is 2. The third-order valence-electron chi connectivity index (χ3n) is 6.92. The lowest BCUT2D eigenvalue weighted by molar-refractivity contribution is -0.140. The Morgan fingerprint density at radius 2 is 1.97 bits per heavy atom. The van der Waals surface area contributed by atoms with Gasteiger partial charge in [0.2, 0.25) is 0 Å². The van der Waals surface area contributed by atoms with E-state index in [4.69, 9.17) is 11.6 Å². The number of carboxylic acid groups (broad SMARTS) is 1. The molecule has 0 spiro atoms. The lowest BCUT2D eigenvalue weighted by atomic mass is 9.93. The van der Waals surface area contributed by atoms with Crippen molar-refractivity contribution >= 4 is 34.2 Å². The molecular weight excluding hydrogens is 426 g/mol. The third-order valence-corrected chi connectivity index (χ3v) is 7.20. The Morgan fingerprint density at radius 1 is 1.19 bits per heavy atom. The maximum absolute atomic E-state index is 13.1. The van der Waals surface area contributed by atoms with Crippen LogP contribution in [0.1, 0.15) is 61.7 Å². The molecule has 0 amide bonds. The normalized spacial score (nSPS) is 20.2. The van der Waals surface area contributed by atoms with E-state index in [9.17, 15) is 14.7 Å². The summed E-state index contributed by atoms with van der Waals surface area (Å²) in [5, 5.41) is 15.7. The first-order valence-corrected chi connectivity index (χ1v) is 11.7. The molecule has 0 saturated heterocycles. The van der Waals surface area contributed by atoms with E-state index < -0.39 is 12.0 Å². The van der Waals surface area contributed by atoms with E-state index >= 15 is 0 Å². The summed E-state index contributed by atoms with van der Waals surface area (Å²) in [7, 11) is 0. The molecule has 2 aromatic carbocycles. The van der Waals surface area contributed by atoms with Gasteiger partial charge in [0.1, 0.15) is 6.04 Å². The number of halogens is 1. The molecule has 32 heavy (non-hydrogen) atoms. The zero-order valence-electron chi connectivity index (χ0n) is 17.8. The fraction of sp³-hybridized carbons (Fsp3) is 0.400. The van der Waals surface area contributed by atoms with E-state index in [0.717, 1.165) is 38.5 Å². The van der Waals surface area contributed by atoms with E-state index in [1.54, 1.807) is 0 Å². The number of hydrogen-bond acceptors (Lipinski definition) is 4. The lowest BCUT2D eigenvalue weighted by Crippen LogP contribution is -2.35. The van der Waals surface area contributed by atoms with Crippen molar-refractivity contribution in [2.45, 2.75) is 62.9 Å². The maximum Gasteiger partial charge on any atom is 0.326 e. The molecule has 1 saturated carbocycles. The molecule has 0 unspecified atom stereocenters. The second kappa shape index (κ2) is 8.58. The number of carbonyl (C=O) groups is 1. The molecule has 2 heterocycles. The summed E-state index contributed by atoms with van der Waals surface area (Å²) in [6, 6.07) is 14.0. The second-order valence-electron chi connectivity index (χ2n) is 8.90.